The lowest BCUT2D eigenvalue weighted by molar-refractivity contribution is -0.123. The summed E-state index contributed by atoms with van der Waals surface area (Å²) >= 11 is 0. The number of hydrogen-bond donors (Lipinski definition) is 2. The van der Waals surface area contributed by atoms with Gasteiger partial charge in [0.15, 0.2) is 5.82 Å². The Hall–Kier alpha value is -3.29. The summed E-state index contributed by atoms with van der Waals surface area (Å²) in [6.45, 7) is 6.74. The van der Waals surface area contributed by atoms with Gasteiger partial charge in [0.2, 0.25) is 5.91 Å². The third kappa shape index (κ3) is 4.03. The van der Waals surface area contributed by atoms with Crippen molar-refractivity contribution in [2.24, 2.45) is 0 Å². The van der Waals surface area contributed by atoms with Crippen molar-refractivity contribution >= 4 is 11.7 Å². The number of aromatic nitrogens is 4. The number of nitrogens with one attached hydrogen (secondary N) is 2. The van der Waals surface area contributed by atoms with Gasteiger partial charge in [-0.15, -0.1) is 0 Å². The van der Waals surface area contributed by atoms with Crippen LogP contribution in [0.15, 0.2) is 36.4 Å². The monoisotopic (exact) mass is 408 g/mol. The molecular weight excluding hydrogens is 383 g/mol. The van der Waals surface area contributed by atoms with Crippen LogP contribution in [0.3, 0.4) is 0 Å². The average Bonchev–Trinajstić information content (AvgIpc) is 3.44. The Morgan fingerprint density at radius 3 is 2.47 bits per heavy atom. The maximum Gasteiger partial charge on any atom is 0.230 e. The Morgan fingerprint density at radius 2 is 1.83 bits per heavy atom. The molecule has 0 atom stereocenters. The van der Waals surface area contributed by atoms with Gasteiger partial charge in [0.05, 0.1) is 11.1 Å². The Labute approximate surface area is 174 Å². The molecule has 3 aromatic rings. The molecule has 0 bridgehead atoms. The SMILES string of the molecule is Cc1cc(C)n(-c2cc(NCCNC(=O)C3(c4ccc(F)cc4)CC3)nc(C)n2)n1. The van der Waals surface area contributed by atoms with Crippen LogP contribution in [0.5, 0.6) is 0 Å². The number of halogens is 1. The first-order chi connectivity index (χ1) is 14.4. The lowest BCUT2D eigenvalue weighted by Gasteiger charge is -2.16. The Kier molecular flexibility index (Phi) is 5.24. The van der Waals surface area contributed by atoms with Crippen LogP contribution in [0.1, 0.15) is 35.6 Å². The molecule has 2 aromatic heterocycles. The maximum atomic E-state index is 13.2. The van der Waals surface area contributed by atoms with Crippen molar-refractivity contribution in [1.29, 1.82) is 0 Å². The molecular formula is C22H25FN6O. The fraction of sp³-hybridized carbons (Fsp3) is 0.364. The maximum absolute atomic E-state index is 13.2. The van der Waals surface area contributed by atoms with E-state index < -0.39 is 5.41 Å². The summed E-state index contributed by atoms with van der Waals surface area (Å²) < 4.78 is 15.0. The van der Waals surface area contributed by atoms with E-state index in [0.29, 0.717) is 30.5 Å². The van der Waals surface area contributed by atoms with Crippen molar-refractivity contribution in [2.75, 3.05) is 18.4 Å². The molecule has 1 fully saturated rings. The van der Waals surface area contributed by atoms with Crippen LogP contribution in [0.2, 0.25) is 0 Å². The summed E-state index contributed by atoms with van der Waals surface area (Å²) in [4.78, 5) is 21.6. The van der Waals surface area contributed by atoms with E-state index in [2.05, 4.69) is 25.7 Å². The standard InChI is InChI=1S/C22H25FN6O/c1-14-12-15(2)29(28-14)20-13-19(26-16(3)27-20)24-10-11-25-21(30)22(8-9-22)17-4-6-18(23)7-5-17/h4-7,12-13H,8-11H2,1-3H3,(H,25,30)(H,24,26,27). The lowest BCUT2D eigenvalue weighted by atomic mass is 9.95. The van der Waals surface area contributed by atoms with E-state index >= 15 is 0 Å². The molecule has 2 N–H and O–H groups in total. The summed E-state index contributed by atoms with van der Waals surface area (Å²) in [5.41, 5.74) is 2.28. The van der Waals surface area contributed by atoms with Gasteiger partial charge < -0.3 is 10.6 Å². The van der Waals surface area contributed by atoms with E-state index in [9.17, 15) is 9.18 Å². The number of benzene rings is 1. The molecule has 1 aliphatic rings. The number of rotatable bonds is 7. The van der Waals surface area contributed by atoms with Crippen LogP contribution in [-0.4, -0.2) is 38.7 Å². The molecule has 0 saturated heterocycles. The Bertz CT molecular complexity index is 1070. The highest BCUT2D eigenvalue weighted by Crippen LogP contribution is 2.48. The molecule has 30 heavy (non-hydrogen) atoms. The van der Waals surface area contributed by atoms with E-state index in [0.717, 1.165) is 29.8 Å². The zero-order valence-electron chi connectivity index (χ0n) is 17.4. The molecule has 1 saturated carbocycles. The van der Waals surface area contributed by atoms with Gasteiger partial charge in [0.25, 0.3) is 0 Å². The van der Waals surface area contributed by atoms with Crippen LogP contribution in [0.4, 0.5) is 10.2 Å². The first-order valence-corrected chi connectivity index (χ1v) is 10.0. The first kappa shape index (κ1) is 20.0. The fourth-order valence-corrected chi connectivity index (χ4v) is 3.69. The van der Waals surface area contributed by atoms with Crippen molar-refractivity contribution in [2.45, 2.75) is 39.0 Å². The summed E-state index contributed by atoms with van der Waals surface area (Å²) in [5.74, 6) is 1.71. The van der Waals surface area contributed by atoms with Gasteiger partial charge >= 0.3 is 0 Å². The van der Waals surface area contributed by atoms with Crippen LogP contribution < -0.4 is 10.6 Å². The minimum absolute atomic E-state index is 0.0156. The smallest absolute Gasteiger partial charge is 0.230 e. The van der Waals surface area contributed by atoms with Gasteiger partial charge in [-0.05, 0) is 57.4 Å². The molecule has 0 aliphatic heterocycles. The second kappa shape index (κ2) is 7.85. The van der Waals surface area contributed by atoms with Crippen molar-refractivity contribution in [3.8, 4) is 5.82 Å². The third-order valence-corrected chi connectivity index (χ3v) is 5.35. The predicted octanol–water partition coefficient (Wildman–Crippen LogP) is 2.99. The minimum atomic E-state index is -0.512. The van der Waals surface area contributed by atoms with Gasteiger partial charge in [0.1, 0.15) is 17.5 Å². The van der Waals surface area contributed by atoms with E-state index in [1.807, 2.05) is 32.9 Å². The number of carbonyl (C=O) groups excluding carboxylic acids is 1. The van der Waals surface area contributed by atoms with Crippen molar-refractivity contribution in [3.05, 3.63) is 65.0 Å². The quantitative estimate of drug-likeness (QED) is 0.587. The summed E-state index contributed by atoms with van der Waals surface area (Å²) in [6, 6.07) is 10.0. The van der Waals surface area contributed by atoms with Crippen molar-refractivity contribution in [3.63, 3.8) is 0 Å². The van der Waals surface area contributed by atoms with Crippen LogP contribution in [0, 0.1) is 26.6 Å². The lowest BCUT2D eigenvalue weighted by Crippen LogP contribution is -2.37. The van der Waals surface area contributed by atoms with Crippen molar-refractivity contribution < 1.29 is 9.18 Å². The zero-order valence-corrected chi connectivity index (χ0v) is 17.4. The molecule has 8 heteroatoms. The van der Waals surface area contributed by atoms with E-state index in [-0.39, 0.29) is 11.7 Å². The normalized spacial score (nSPS) is 14.4. The van der Waals surface area contributed by atoms with E-state index in [1.54, 1.807) is 16.8 Å². The summed E-state index contributed by atoms with van der Waals surface area (Å²) in [6.07, 6.45) is 1.57. The number of anilines is 1. The molecule has 0 unspecified atom stereocenters. The minimum Gasteiger partial charge on any atom is -0.368 e. The van der Waals surface area contributed by atoms with Gasteiger partial charge in [-0.2, -0.15) is 5.10 Å². The third-order valence-electron chi connectivity index (χ3n) is 5.35. The van der Waals surface area contributed by atoms with Crippen LogP contribution in [-0.2, 0) is 10.2 Å². The summed E-state index contributed by atoms with van der Waals surface area (Å²) in [7, 11) is 0. The number of carbonyl (C=O) groups is 1. The van der Waals surface area contributed by atoms with Crippen LogP contribution in [0.25, 0.3) is 5.82 Å². The largest absolute Gasteiger partial charge is 0.368 e. The number of hydrogen-bond acceptors (Lipinski definition) is 5. The molecule has 1 aromatic carbocycles. The molecule has 0 radical (unpaired) electrons. The second-order valence-corrected chi connectivity index (χ2v) is 7.77. The summed E-state index contributed by atoms with van der Waals surface area (Å²) in [5, 5.41) is 10.7. The van der Waals surface area contributed by atoms with E-state index in [4.69, 9.17) is 0 Å². The molecule has 0 spiro atoms. The highest BCUT2D eigenvalue weighted by atomic mass is 19.1. The highest BCUT2D eigenvalue weighted by Gasteiger charge is 2.50. The topological polar surface area (TPSA) is 84.7 Å². The molecule has 1 amide bonds. The number of aryl methyl sites for hydroxylation is 3. The fourth-order valence-electron chi connectivity index (χ4n) is 3.69. The van der Waals surface area contributed by atoms with Gasteiger partial charge in [0, 0.05) is 24.8 Å². The first-order valence-electron chi connectivity index (χ1n) is 10.0. The van der Waals surface area contributed by atoms with Gasteiger partial charge in [-0.1, -0.05) is 12.1 Å². The van der Waals surface area contributed by atoms with Gasteiger partial charge in [-0.3, -0.25) is 4.79 Å². The number of amides is 1. The number of nitrogens with zero attached hydrogens (tertiary/aromatic N) is 4. The molecule has 7 nitrogen and oxygen atoms in total. The van der Waals surface area contributed by atoms with Crippen molar-refractivity contribution in [1.82, 2.24) is 25.1 Å². The predicted molar refractivity (Wildman–Crippen MR) is 112 cm³/mol. The van der Waals surface area contributed by atoms with Crippen LogP contribution >= 0.6 is 0 Å². The highest BCUT2D eigenvalue weighted by molar-refractivity contribution is 5.91. The average molecular weight is 408 g/mol. The second-order valence-electron chi connectivity index (χ2n) is 7.77. The Balaban J connectivity index is 1.35. The Morgan fingerprint density at radius 1 is 1.10 bits per heavy atom. The molecule has 1 aliphatic carbocycles. The molecule has 2 heterocycles. The molecule has 156 valence electrons. The van der Waals surface area contributed by atoms with E-state index in [1.165, 1.54) is 12.1 Å². The molecule has 4 rings (SSSR count). The van der Waals surface area contributed by atoms with Gasteiger partial charge in [-0.25, -0.2) is 19.0 Å². The zero-order chi connectivity index (χ0) is 21.3.